The summed E-state index contributed by atoms with van der Waals surface area (Å²) in [5, 5.41) is 7.06. The van der Waals surface area contributed by atoms with Gasteiger partial charge in [0.05, 0.1) is 5.02 Å². The Labute approximate surface area is 130 Å². The predicted molar refractivity (Wildman–Crippen MR) is 86.8 cm³/mol. The van der Waals surface area contributed by atoms with Gasteiger partial charge in [-0.15, -0.1) is 0 Å². The highest BCUT2D eigenvalue weighted by molar-refractivity contribution is 7.80. The molecule has 1 aliphatic rings. The molecule has 2 rings (SSSR count). The Kier molecular flexibility index (Phi) is 5.61. The Hall–Kier alpha value is -0.870. The van der Waals surface area contributed by atoms with Crippen LogP contribution in [-0.2, 0) is 0 Å². The van der Waals surface area contributed by atoms with Gasteiger partial charge in [0, 0.05) is 11.7 Å². The topological polar surface area (TPSA) is 24.1 Å². The summed E-state index contributed by atoms with van der Waals surface area (Å²) in [7, 11) is 0. The van der Waals surface area contributed by atoms with E-state index in [9.17, 15) is 4.39 Å². The van der Waals surface area contributed by atoms with Crippen LogP contribution in [0.3, 0.4) is 0 Å². The van der Waals surface area contributed by atoms with E-state index in [1.807, 2.05) is 0 Å². The van der Waals surface area contributed by atoms with Gasteiger partial charge < -0.3 is 10.6 Å². The monoisotopic (exact) mass is 314 g/mol. The Bertz CT molecular complexity index is 473. The van der Waals surface area contributed by atoms with E-state index in [-0.39, 0.29) is 5.02 Å². The summed E-state index contributed by atoms with van der Waals surface area (Å²) in [6.45, 7) is 2.25. The SMILES string of the molecule is CCC1CCC(NC(=S)Nc2ccc(F)c(Cl)c2)CC1. The zero-order valence-electron chi connectivity index (χ0n) is 11.6. The molecular weight excluding hydrogens is 295 g/mol. The number of hydrogen-bond acceptors (Lipinski definition) is 1. The third-order valence-corrected chi connectivity index (χ3v) is 4.45. The van der Waals surface area contributed by atoms with Gasteiger partial charge in [-0.05, 0) is 62.0 Å². The molecule has 0 aliphatic heterocycles. The predicted octanol–water partition coefficient (Wildman–Crippen LogP) is 4.73. The number of thiocarbonyl (C=S) groups is 1. The van der Waals surface area contributed by atoms with Crippen LogP contribution in [0.2, 0.25) is 5.02 Å². The molecule has 0 saturated heterocycles. The summed E-state index contributed by atoms with van der Waals surface area (Å²) in [5.41, 5.74) is 0.705. The molecule has 2 nitrogen and oxygen atoms in total. The first-order chi connectivity index (χ1) is 9.58. The molecule has 0 heterocycles. The average Bonchev–Trinajstić information content (AvgIpc) is 2.44. The molecule has 1 aromatic rings. The molecule has 0 spiro atoms. The second-order valence-corrected chi connectivity index (χ2v) is 6.17. The van der Waals surface area contributed by atoms with Crippen LogP contribution in [0.5, 0.6) is 0 Å². The zero-order valence-corrected chi connectivity index (χ0v) is 13.2. The standard InChI is InChI=1S/C15H20ClFN2S/c1-2-10-3-5-11(6-4-10)18-15(20)19-12-7-8-14(17)13(16)9-12/h7-11H,2-6H2,1H3,(H2,18,19,20). The van der Waals surface area contributed by atoms with Gasteiger partial charge in [-0.1, -0.05) is 24.9 Å². The molecule has 0 amide bonds. The summed E-state index contributed by atoms with van der Waals surface area (Å²) in [6.07, 6.45) is 6.11. The van der Waals surface area contributed by atoms with Gasteiger partial charge in [-0.25, -0.2) is 4.39 Å². The largest absolute Gasteiger partial charge is 0.360 e. The van der Waals surface area contributed by atoms with Gasteiger partial charge in [0.25, 0.3) is 0 Å². The molecule has 1 fully saturated rings. The first-order valence-electron chi connectivity index (χ1n) is 7.11. The van der Waals surface area contributed by atoms with Crippen molar-refractivity contribution in [2.45, 2.75) is 45.1 Å². The van der Waals surface area contributed by atoms with Crippen molar-refractivity contribution in [1.82, 2.24) is 5.32 Å². The smallest absolute Gasteiger partial charge is 0.170 e. The number of rotatable bonds is 3. The molecule has 1 aliphatic carbocycles. The molecular formula is C15H20ClFN2S. The summed E-state index contributed by atoms with van der Waals surface area (Å²) < 4.78 is 13.1. The molecule has 1 aromatic carbocycles. The van der Waals surface area contributed by atoms with Crippen LogP contribution in [0.25, 0.3) is 0 Å². The van der Waals surface area contributed by atoms with E-state index in [1.54, 1.807) is 12.1 Å². The lowest BCUT2D eigenvalue weighted by molar-refractivity contribution is 0.306. The molecule has 0 radical (unpaired) electrons. The van der Waals surface area contributed by atoms with E-state index in [1.165, 1.54) is 25.3 Å². The maximum absolute atomic E-state index is 13.1. The number of hydrogen-bond donors (Lipinski definition) is 2. The van der Waals surface area contributed by atoms with Gasteiger partial charge in [-0.3, -0.25) is 0 Å². The van der Waals surface area contributed by atoms with E-state index in [2.05, 4.69) is 17.6 Å². The van der Waals surface area contributed by atoms with Crippen molar-refractivity contribution < 1.29 is 4.39 Å². The Morgan fingerprint density at radius 1 is 1.35 bits per heavy atom. The minimum absolute atomic E-state index is 0.0984. The van der Waals surface area contributed by atoms with E-state index < -0.39 is 5.82 Å². The van der Waals surface area contributed by atoms with E-state index in [0.29, 0.717) is 16.8 Å². The molecule has 110 valence electrons. The summed E-state index contributed by atoms with van der Waals surface area (Å²) in [4.78, 5) is 0. The molecule has 0 atom stereocenters. The second-order valence-electron chi connectivity index (χ2n) is 5.35. The van der Waals surface area contributed by atoms with E-state index in [0.717, 1.165) is 18.8 Å². The maximum atomic E-state index is 13.1. The molecule has 0 bridgehead atoms. The van der Waals surface area contributed by atoms with Gasteiger partial charge >= 0.3 is 0 Å². The Balaban J connectivity index is 1.82. The number of halogens is 2. The molecule has 2 N–H and O–H groups in total. The lowest BCUT2D eigenvalue weighted by Crippen LogP contribution is -2.39. The van der Waals surface area contributed by atoms with Crippen LogP contribution in [0.1, 0.15) is 39.0 Å². The van der Waals surface area contributed by atoms with Crippen molar-refractivity contribution in [3.05, 3.63) is 29.0 Å². The van der Waals surface area contributed by atoms with Crippen molar-refractivity contribution >= 4 is 34.6 Å². The van der Waals surface area contributed by atoms with Crippen LogP contribution >= 0.6 is 23.8 Å². The highest BCUT2D eigenvalue weighted by Gasteiger charge is 2.20. The van der Waals surface area contributed by atoms with Crippen LogP contribution < -0.4 is 10.6 Å². The summed E-state index contributed by atoms with van der Waals surface area (Å²) in [6, 6.07) is 4.94. The van der Waals surface area contributed by atoms with Crippen molar-refractivity contribution in [2.24, 2.45) is 5.92 Å². The van der Waals surface area contributed by atoms with Crippen LogP contribution in [0.4, 0.5) is 10.1 Å². The minimum atomic E-state index is -0.422. The third-order valence-electron chi connectivity index (χ3n) is 3.94. The first kappa shape index (κ1) is 15.5. The van der Waals surface area contributed by atoms with Crippen molar-refractivity contribution in [3.63, 3.8) is 0 Å². The Morgan fingerprint density at radius 3 is 2.65 bits per heavy atom. The first-order valence-corrected chi connectivity index (χ1v) is 7.89. The van der Waals surface area contributed by atoms with Crippen LogP contribution in [0, 0.1) is 11.7 Å². The third kappa shape index (κ3) is 4.32. The fraction of sp³-hybridized carbons (Fsp3) is 0.533. The minimum Gasteiger partial charge on any atom is -0.360 e. The fourth-order valence-corrected chi connectivity index (χ4v) is 3.11. The van der Waals surface area contributed by atoms with Crippen molar-refractivity contribution in [3.8, 4) is 0 Å². The Morgan fingerprint density at radius 2 is 2.05 bits per heavy atom. The van der Waals surface area contributed by atoms with Gasteiger partial charge in [-0.2, -0.15) is 0 Å². The van der Waals surface area contributed by atoms with Crippen molar-refractivity contribution in [1.29, 1.82) is 0 Å². The lowest BCUT2D eigenvalue weighted by Gasteiger charge is -2.29. The quantitative estimate of drug-likeness (QED) is 0.788. The van der Waals surface area contributed by atoms with Crippen LogP contribution in [-0.4, -0.2) is 11.2 Å². The molecule has 0 aromatic heterocycles. The molecule has 5 heteroatoms. The number of anilines is 1. The van der Waals surface area contributed by atoms with E-state index in [4.69, 9.17) is 23.8 Å². The van der Waals surface area contributed by atoms with Crippen LogP contribution in [0.15, 0.2) is 18.2 Å². The fourth-order valence-electron chi connectivity index (χ4n) is 2.64. The normalized spacial score (nSPS) is 22.4. The molecule has 1 saturated carbocycles. The molecule has 20 heavy (non-hydrogen) atoms. The highest BCUT2D eigenvalue weighted by Crippen LogP contribution is 2.26. The van der Waals surface area contributed by atoms with E-state index >= 15 is 0 Å². The average molecular weight is 315 g/mol. The lowest BCUT2D eigenvalue weighted by atomic mass is 9.85. The highest BCUT2D eigenvalue weighted by atomic mass is 35.5. The zero-order chi connectivity index (χ0) is 14.5. The van der Waals surface area contributed by atoms with Gasteiger partial charge in [0.1, 0.15) is 5.82 Å². The van der Waals surface area contributed by atoms with Gasteiger partial charge in [0.2, 0.25) is 0 Å². The number of nitrogens with one attached hydrogen (secondary N) is 2. The summed E-state index contributed by atoms with van der Waals surface area (Å²) >= 11 is 11.0. The maximum Gasteiger partial charge on any atom is 0.170 e. The number of benzene rings is 1. The second kappa shape index (κ2) is 7.23. The summed E-state index contributed by atoms with van der Waals surface area (Å²) in [5.74, 6) is 0.444. The van der Waals surface area contributed by atoms with Crippen molar-refractivity contribution in [2.75, 3.05) is 5.32 Å². The molecule has 0 unspecified atom stereocenters. The van der Waals surface area contributed by atoms with Gasteiger partial charge in [0.15, 0.2) is 5.11 Å².